The SMILES string of the molecule is COC(CN=C(N)NC1CCOc2ccccc21)c1ccccc1.I. The monoisotopic (exact) mass is 453 g/mol. The number of nitrogens with two attached hydrogens (primary N) is 1. The molecule has 0 fully saturated rings. The fraction of sp³-hybridized carbons (Fsp3) is 0.316. The number of ether oxygens (including phenoxy) is 2. The number of nitrogens with one attached hydrogen (secondary N) is 1. The Morgan fingerprint density at radius 2 is 1.96 bits per heavy atom. The van der Waals surface area contributed by atoms with Gasteiger partial charge in [0.15, 0.2) is 5.96 Å². The number of fused-ring (bicyclic) bond motifs is 1. The van der Waals surface area contributed by atoms with Crippen LogP contribution in [-0.4, -0.2) is 26.2 Å². The first-order valence-electron chi connectivity index (χ1n) is 8.14. The number of para-hydroxylation sites is 1. The van der Waals surface area contributed by atoms with Gasteiger partial charge in [-0.3, -0.25) is 4.99 Å². The molecule has 5 nitrogen and oxygen atoms in total. The van der Waals surface area contributed by atoms with E-state index in [-0.39, 0.29) is 36.1 Å². The van der Waals surface area contributed by atoms with E-state index in [9.17, 15) is 0 Å². The average Bonchev–Trinajstić information content (AvgIpc) is 2.63. The number of hydrogen-bond donors (Lipinski definition) is 2. The molecule has 0 aliphatic carbocycles. The number of rotatable bonds is 5. The normalized spacial score (nSPS) is 17.6. The second-order valence-electron chi connectivity index (χ2n) is 5.73. The van der Waals surface area contributed by atoms with E-state index in [1.54, 1.807) is 7.11 Å². The van der Waals surface area contributed by atoms with E-state index >= 15 is 0 Å². The van der Waals surface area contributed by atoms with Gasteiger partial charge in [0.05, 0.1) is 19.2 Å². The van der Waals surface area contributed by atoms with Crippen molar-refractivity contribution in [2.45, 2.75) is 18.6 Å². The molecule has 6 heteroatoms. The highest BCUT2D eigenvalue weighted by Gasteiger charge is 2.21. The fourth-order valence-electron chi connectivity index (χ4n) is 2.88. The standard InChI is InChI=1S/C19H23N3O2.HI/c1-23-18(14-7-3-2-4-8-14)13-21-19(20)22-16-11-12-24-17-10-6-5-9-15(16)17;/h2-10,16,18H,11-13H2,1H3,(H3,20,21,22);1H. The minimum absolute atomic E-state index is 0. The van der Waals surface area contributed by atoms with Crippen LogP contribution in [0.4, 0.5) is 0 Å². The number of nitrogens with zero attached hydrogens (tertiary/aromatic N) is 1. The maximum Gasteiger partial charge on any atom is 0.189 e. The molecule has 2 aromatic rings. The fourth-order valence-corrected chi connectivity index (χ4v) is 2.88. The van der Waals surface area contributed by atoms with Crippen LogP contribution >= 0.6 is 24.0 Å². The van der Waals surface area contributed by atoms with Crippen molar-refractivity contribution < 1.29 is 9.47 Å². The lowest BCUT2D eigenvalue weighted by molar-refractivity contribution is 0.111. The van der Waals surface area contributed by atoms with Crippen molar-refractivity contribution in [1.29, 1.82) is 0 Å². The first-order valence-corrected chi connectivity index (χ1v) is 8.14. The van der Waals surface area contributed by atoms with E-state index in [0.717, 1.165) is 23.3 Å². The molecule has 0 saturated carbocycles. The van der Waals surface area contributed by atoms with E-state index in [4.69, 9.17) is 15.2 Å². The predicted molar refractivity (Wildman–Crippen MR) is 111 cm³/mol. The van der Waals surface area contributed by atoms with Crippen LogP contribution in [0, 0.1) is 0 Å². The summed E-state index contributed by atoms with van der Waals surface area (Å²) in [6.07, 6.45) is 0.758. The Morgan fingerprint density at radius 1 is 1.24 bits per heavy atom. The second-order valence-corrected chi connectivity index (χ2v) is 5.73. The number of guanidine groups is 1. The Bertz CT molecular complexity index is 694. The van der Waals surface area contributed by atoms with Crippen molar-refractivity contribution in [3.05, 3.63) is 65.7 Å². The van der Waals surface area contributed by atoms with Gasteiger partial charge in [-0.25, -0.2) is 0 Å². The number of halogens is 1. The van der Waals surface area contributed by atoms with Crippen LogP contribution in [0.25, 0.3) is 0 Å². The minimum Gasteiger partial charge on any atom is -0.493 e. The molecular weight excluding hydrogens is 429 g/mol. The molecule has 1 heterocycles. The summed E-state index contributed by atoms with van der Waals surface area (Å²) >= 11 is 0. The van der Waals surface area contributed by atoms with Gasteiger partial charge in [-0.1, -0.05) is 48.5 Å². The van der Waals surface area contributed by atoms with E-state index in [0.29, 0.717) is 19.1 Å². The van der Waals surface area contributed by atoms with E-state index in [2.05, 4.69) is 16.4 Å². The van der Waals surface area contributed by atoms with Gasteiger partial charge in [0, 0.05) is 19.1 Å². The van der Waals surface area contributed by atoms with Crippen LogP contribution in [0.3, 0.4) is 0 Å². The van der Waals surface area contributed by atoms with Crippen molar-refractivity contribution in [2.24, 2.45) is 10.7 Å². The average molecular weight is 453 g/mol. The Hall–Kier alpha value is -1.80. The maximum atomic E-state index is 6.09. The largest absolute Gasteiger partial charge is 0.493 e. The third-order valence-electron chi connectivity index (χ3n) is 4.16. The molecule has 2 unspecified atom stereocenters. The van der Waals surface area contributed by atoms with Crippen LogP contribution in [0.2, 0.25) is 0 Å². The van der Waals surface area contributed by atoms with Gasteiger partial charge >= 0.3 is 0 Å². The summed E-state index contributed by atoms with van der Waals surface area (Å²) in [4.78, 5) is 4.46. The van der Waals surface area contributed by atoms with E-state index in [1.807, 2.05) is 48.5 Å². The predicted octanol–water partition coefficient (Wildman–Crippen LogP) is 3.42. The third kappa shape index (κ3) is 5.09. The molecule has 0 spiro atoms. The Balaban J connectivity index is 0.00000225. The summed E-state index contributed by atoms with van der Waals surface area (Å²) in [6.45, 7) is 1.15. The maximum absolute atomic E-state index is 6.09. The summed E-state index contributed by atoms with van der Waals surface area (Å²) in [5, 5.41) is 3.30. The molecule has 3 N–H and O–H groups in total. The van der Waals surface area contributed by atoms with Crippen LogP contribution in [0.1, 0.15) is 29.7 Å². The van der Waals surface area contributed by atoms with Gasteiger partial charge in [-0.2, -0.15) is 0 Å². The summed E-state index contributed by atoms with van der Waals surface area (Å²) in [5.41, 5.74) is 8.29. The van der Waals surface area contributed by atoms with Gasteiger partial charge in [-0.15, -0.1) is 24.0 Å². The van der Waals surface area contributed by atoms with Crippen molar-refractivity contribution in [2.75, 3.05) is 20.3 Å². The molecule has 0 bridgehead atoms. The van der Waals surface area contributed by atoms with Crippen LogP contribution < -0.4 is 15.8 Å². The van der Waals surface area contributed by atoms with Gasteiger partial charge in [-0.05, 0) is 11.6 Å². The number of methoxy groups -OCH3 is 1. The lowest BCUT2D eigenvalue weighted by Crippen LogP contribution is -2.37. The smallest absolute Gasteiger partial charge is 0.189 e. The highest BCUT2D eigenvalue weighted by molar-refractivity contribution is 14.0. The Kier molecular flexibility index (Phi) is 7.52. The van der Waals surface area contributed by atoms with Crippen LogP contribution in [0.5, 0.6) is 5.75 Å². The molecule has 0 saturated heterocycles. The molecule has 0 amide bonds. The van der Waals surface area contributed by atoms with Gasteiger partial charge < -0.3 is 20.5 Å². The molecule has 134 valence electrons. The summed E-state index contributed by atoms with van der Waals surface area (Å²) in [5.74, 6) is 1.34. The molecule has 1 aliphatic heterocycles. The van der Waals surface area contributed by atoms with Crippen LogP contribution in [-0.2, 0) is 4.74 Å². The lowest BCUT2D eigenvalue weighted by Gasteiger charge is -2.27. The molecule has 0 radical (unpaired) electrons. The summed E-state index contributed by atoms with van der Waals surface area (Å²) < 4.78 is 11.2. The Morgan fingerprint density at radius 3 is 2.72 bits per heavy atom. The zero-order valence-corrected chi connectivity index (χ0v) is 16.6. The first kappa shape index (κ1) is 19.5. The quantitative estimate of drug-likeness (QED) is 0.414. The van der Waals surface area contributed by atoms with Gasteiger partial charge in [0.2, 0.25) is 0 Å². The second kappa shape index (κ2) is 9.62. The topological polar surface area (TPSA) is 68.9 Å². The molecule has 3 rings (SSSR count). The number of aliphatic imine (C=N–C) groups is 1. The van der Waals surface area contributed by atoms with Crippen molar-refractivity contribution in [1.82, 2.24) is 5.32 Å². The zero-order valence-electron chi connectivity index (χ0n) is 14.2. The number of hydrogen-bond acceptors (Lipinski definition) is 3. The molecular formula is C19H24IN3O2. The minimum atomic E-state index is -0.103. The highest BCUT2D eigenvalue weighted by Crippen LogP contribution is 2.31. The summed E-state index contributed by atoms with van der Waals surface area (Å²) in [6, 6.07) is 18.2. The molecule has 25 heavy (non-hydrogen) atoms. The number of benzene rings is 2. The molecule has 2 aromatic carbocycles. The van der Waals surface area contributed by atoms with E-state index < -0.39 is 0 Å². The lowest BCUT2D eigenvalue weighted by atomic mass is 10.0. The molecule has 0 aromatic heterocycles. The van der Waals surface area contributed by atoms with Crippen LogP contribution in [0.15, 0.2) is 59.6 Å². The zero-order chi connectivity index (χ0) is 16.8. The first-order chi connectivity index (χ1) is 11.8. The van der Waals surface area contributed by atoms with Crippen molar-refractivity contribution in [3.8, 4) is 5.75 Å². The van der Waals surface area contributed by atoms with Gasteiger partial charge in [0.1, 0.15) is 11.9 Å². The third-order valence-corrected chi connectivity index (χ3v) is 4.16. The van der Waals surface area contributed by atoms with Crippen molar-refractivity contribution >= 4 is 29.9 Å². The summed E-state index contributed by atoms with van der Waals surface area (Å²) in [7, 11) is 1.69. The highest BCUT2D eigenvalue weighted by atomic mass is 127. The molecule has 2 atom stereocenters. The Labute approximate surface area is 165 Å². The van der Waals surface area contributed by atoms with E-state index in [1.165, 1.54) is 0 Å². The van der Waals surface area contributed by atoms with Gasteiger partial charge in [0.25, 0.3) is 0 Å². The molecule has 1 aliphatic rings. The van der Waals surface area contributed by atoms with Crippen molar-refractivity contribution in [3.63, 3.8) is 0 Å².